The number of hydrogen-bond donors (Lipinski definition) is 0. The maximum absolute atomic E-state index is 12.8. The highest BCUT2D eigenvalue weighted by Crippen LogP contribution is 2.10. The number of carbonyl (C=O) groups is 3. The average molecular weight is 975 g/mol. The van der Waals surface area contributed by atoms with Crippen molar-refractivity contribution in [2.75, 3.05) is 13.2 Å². The van der Waals surface area contributed by atoms with E-state index < -0.39 is 12.1 Å². The highest BCUT2D eigenvalue weighted by Gasteiger charge is 2.19. The lowest BCUT2D eigenvalue weighted by Crippen LogP contribution is -2.30. The summed E-state index contributed by atoms with van der Waals surface area (Å²) in [6, 6.07) is 0. The molecule has 1 atom stereocenters. The number of carbonyl (C=O) groups excluding carboxylic acids is 3. The first-order valence-corrected chi connectivity index (χ1v) is 27.6. The summed E-state index contributed by atoms with van der Waals surface area (Å²) in [6.45, 7) is 6.22. The molecule has 6 heteroatoms. The normalized spacial score (nSPS) is 13.5. The Balaban J connectivity index is 4.67. The van der Waals surface area contributed by atoms with Crippen LogP contribution in [0.4, 0.5) is 0 Å². The summed E-state index contributed by atoms with van der Waals surface area (Å²) in [5.41, 5.74) is 0. The lowest BCUT2D eigenvalue weighted by atomic mass is 10.1. The van der Waals surface area contributed by atoms with Gasteiger partial charge in [0.25, 0.3) is 0 Å². The summed E-state index contributed by atoms with van der Waals surface area (Å²) in [6.07, 6.45) is 85.0. The third-order valence-corrected chi connectivity index (χ3v) is 10.7. The van der Waals surface area contributed by atoms with Crippen molar-refractivity contribution < 1.29 is 28.6 Å². The zero-order chi connectivity index (χ0) is 51.4. The summed E-state index contributed by atoms with van der Waals surface area (Å²) in [5, 5.41) is 0. The first-order chi connectivity index (χ1) is 35.0. The number of allylic oxidation sites excluding steroid dienone is 28. The largest absolute Gasteiger partial charge is 0.462 e. The van der Waals surface area contributed by atoms with E-state index in [9.17, 15) is 14.4 Å². The van der Waals surface area contributed by atoms with Crippen molar-refractivity contribution in [3.63, 3.8) is 0 Å². The molecular formula is C65H98O6. The number of rotatable bonds is 47. The molecule has 0 aromatic heterocycles. The fourth-order valence-electron chi connectivity index (χ4n) is 6.63. The lowest BCUT2D eigenvalue weighted by Gasteiger charge is -2.18. The van der Waals surface area contributed by atoms with E-state index in [0.29, 0.717) is 19.3 Å². The average Bonchev–Trinajstić information content (AvgIpc) is 3.37. The molecular weight excluding hydrogens is 877 g/mol. The van der Waals surface area contributed by atoms with Gasteiger partial charge in [0.15, 0.2) is 6.10 Å². The predicted molar refractivity (Wildman–Crippen MR) is 306 cm³/mol. The number of hydrogen-bond acceptors (Lipinski definition) is 6. The second-order valence-corrected chi connectivity index (χ2v) is 17.4. The van der Waals surface area contributed by atoms with Crippen molar-refractivity contribution in [3.8, 4) is 0 Å². The molecule has 0 saturated carbocycles. The van der Waals surface area contributed by atoms with Gasteiger partial charge in [-0.3, -0.25) is 14.4 Å². The van der Waals surface area contributed by atoms with Crippen LogP contribution in [0.3, 0.4) is 0 Å². The topological polar surface area (TPSA) is 78.9 Å². The van der Waals surface area contributed by atoms with E-state index in [1.54, 1.807) is 0 Å². The van der Waals surface area contributed by atoms with Gasteiger partial charge >= 0.3 is 17.9 Å². The van der Waals surface area contributed by atoms with Gasteiger partial charge in [-0.15, -0.1) is 0 Å². The lowest BCUT2D eigenvalue weighted by molar-refractivity contribution is -0.166. The molecule has 0 heterocycles. The Bertz CT molecular complexity index is 1690. The van der Waals surface area contributed by atoms with Gasteiger partial charge in [0.2, 0.25) is 0 Å². The molecule has 71 heavy (non-hydrogen) atoms. The third kappa shape index (κ3) is 55.6. The van der Waals surface area contributed by atoms with Gasteiger partial charge in [0.1, 0.15) is 13.2 Å². The molecule has 0 aliphatic rings. The van der Waals surface area contributed by atoms with E-state index in [1.165, 1.54) is 25.7 Å². The van der Waals surface area contributed by atoms with Crippen LogP contribution >= 0.6 is 0 Å². The molecule has 0 N–H and O–H groups in total. The van der Waals surface area contributed by atoms with E-state index >= 15 is 0 Å². The molecule has 0 spiro atoms. The van der Waals surface area contributed by atoms with Crippen molar-refractivity contribution in [2.45, 2.75) is 207 Å². The Morgan fingerprint density at radius 1 is 0.296 bits per heavy atom. The van der Waals surface area contributed by atoms with Crippen molar-refractivity contribution in [1.29, 1.82) is 0 Å². The van der Waals surface area contributed by atoms with Crippen LogP contribution in [0.5, 0.6) is 0 Å². The zero-order valence-corrected chi connectivity index (χ0v) is 44.9. The molecule has 0 saturated heterocycles. The van der Waals surface area contributed by atoms with Crippen molar-refractivity contribution >= 4 is 17.9 Å². The first-order valence-electron chi connectivity index (χ1n) is 27.6. The Morgan fingerprint density at radius 3 is 0.972 bits per heavy atom. The maximum Gasteiger partial charge on any atom is 0.306 e. The molecule has 0 amide bonds. The zero-order valence-electron chi connectivity index (χ0n) is 44.9. The first kappa shape index (κ1) is 65.8. The van der Waals surface area contributed by atoms with Gasteiger partial charge in [-0.2, -0.15) is 0 Å². The van der Waals surface area contributed by atoms with Crippen LogP contribution in [0.25, 0.3) is 0 Å². The Kier molecular flexibility index (Phi) is 53.1. The Morgan fingerprint density at radius 2 is 0.592 bits per heavy atom. The number of esters is 3. The van der Waals surface area contributed by atoms with Crippen LogP contribution in [0.15, 0.2) is 170 Å². The van der Waals surface area contributed by atoms with Gasteiger partial charge in [-0.25, -0.2) is 0 Å². The molecule has 0 aliphatic carbocycles. The van der Waals surface area contributed by atoms with E-state index in [1.807, 2.05) is 12.2 Å². The van der Waals surface area contributed by atoms with Gasteiger partial charge in [0, 0.05) is 19.3 Å². The van der Waals surface area contributed by atoms with Crippen LogP contribution in [0.1, 0.15) is 201 Å². The van der Waals surface area contributed by atoms with Crippen molar-refractivity contribution in [2.24, 2.45) is 0 Å². The summed E-state index contributed by atoms with van der Waals surface area (Å²) < 4.78 is 16.7. The number of ether oxygens (including phenoxy) is 3. The SMILES string of the molecule is CC/C=C\C/C=C\C/C=C\C/C=C\C/C=C\C/C=C\CCC(=O)OC[C@H](COC(=O)CCCCCC/C=C\C/C=C\C/C=C\CCCCC)OC(=O)CCC/C=C\C/C=C\C/C=C\C/C=C\C/C=C\CC. The molecule has 0 aromatic rings. The minimum Gasteiger partial charge on any atom is -0.462 e. The van der Waals surface area contributed by atoms with Crippen LogP contribution in [0.2, 0.25) is 0 Å². The Labute approximate surface area is 434 Å². The Hall–Kier alpha value is -5.23. The van der Waals surface area contributed by atoms with Gasteiger partial charge in [-0.05, 0) is 135 Å². The monoisotopic (exact) mass is 975 g/mol. The summed E-state index contributed by atoms with van der Waals surface area (Å²) in [7, 11) is 0. The van der Waals surface area contributed by atoms with Crippen LogP contribution in [-0.4, -0.2) is 37.2 Å². The molecule has 0 unspecified atom stereocenters. The van der Waals surface area contributed by atoms with Crippen molar-refractivity contribution in [1.82, 2.24) is 0 Å². The fourth-order valence-corrected chi connectivity index (χ4v) is 6.63. The van der Waals surface area contributed by atoms with Crippen molar-refractivity contribution in [3.05, 3.63) is 170 Å². The highest BCUT2D eigenvalue weighted by atomic mass is 16.6. The predicted octanol–water partition coefficient (Wildman–Crippen LogP) is 18.8. The summed E-state index contributed by atoms with van der Waals surface area (Å²) in [5.74, 6) is -1.12. The van der Waals surface area contributed by atoms with Gasteiger partial charge in [-0.1, -0.05) is 217 Å². The minimum atomic E-state index is -0.858. The standard InChI is InChI=1S/C65H98O6/c1-4-7-10-13-16-19-22-25-28-31-32-35-37-40-43-46-49-52-55-58-64(67)70-61-62(71-65(68)59-56-53-50-47-44-41-38-34-30-27-24-21-18-15-12-9-6-3)60-69-63(66)57-54-51-48-45-42-39-36-33-29-26-23-20-17-14-11-8-5-2/h7,9-10,12,16-21,25-30,32,35-36,38-41,43,47,49-50,52,62H,4-6,8,11,13-15,22-24,31,33-34,37,42,44-46,48,51,53-61H2,1-3H3/b10-7-,12-9-,19-16-,20-17-,21-18-,28-25-,29-26-,30-27-,35-32-,39-36-,41-38-,43-40-,50-47-,52-49-/t62-/m0/s1. The second kappa shape index (κ2) is 57.3. The second-order valence-electron chi connectivity index (χ2n) is 17.4. The van der Waals surface area contributed by atoms with Crippen LogP contribution in [0, 0.1) is 0 Å². The molecule has 394 valence electrons. The fraction of sp³-hybridized carbons (Fsp3) is 0.523. The molecule has 0 radical (unpaired) electrons. The van der Waals surface area contributed by atoms with E-state index in [2.05, 4.69) is 179 Å². The quantitative estimate of drug-likeness (QED) is 0.0262. The van der Waals surface area contributed by atoms with Crippen LogP contribution in [-0.2, 0) is 28.6 Å². The minimum absolute atomic E-state index is 0.145. The third-order valence-electron chi connectivity index (χ3n) is 10.7. The van der Waals surface area contributed by atoms with E-state index in [-0.39, 0.29) is 38.0 Å². The van der Waals surface area contributed by atoms with E-state index in [4.69, 9.17) is 14.2 Å². The summed E-state index contributed by atoms with van der Waals surface area (Å²) >= 11 is 0. The number of unbranched alkanes of at least 4 members (excludes halogenated alkanes) is 8. The van der Waals surface area contributed by atoms with Gasteiger partial charge in [0.05, 0.1) is 0 Å². The highest BCUT2D eigenvalue weighted by molar-refractivity contribution is 5.71. The molecule has 0 aromatic carbocycles. The maximum atomic E-state index is 12.8. The van der Waals surface area contributed by atoms with Gasteiger partial charge < -0.3 is 14.2 Å². The molecule has 0 aliphatic heterocycles. The molecule has 0 fully saturated rings. The smallest absolute Gasteiger partial charge is 0.306 e. The molecule has 0 rings (SSSR count). The summed E-state index contributed by atoms with van der Waals surface area (Å²) in [4.78, 5) is 38.1. The molecule has 0 bridgehead atoms. The van der Waals surface area contributed by atoms with Crippen LogP contribution < -0.4 is 0 Å². The molecule has 6 nitrogen and oxygen atoms in total. The van der Waals surface area contributed by atoms with E-state index in [0.717, 1.165) is 122 Å².